The van der Waals surface area contributed by atoms with E-state index in [4.69, 9.17) is 21.1 Å². The lowest BCUT2D eigenvalue weighted by Gasteiger charge is -2.56. The third-order valence-corrected chi connectivity index (χ3v) is 6.40. The number of hydrogen-bond donors (Lipinski definition) is 1. The molecule has 3 atom stereocenters. The van der Waals surface area contributed by atoms with Gasteiger partial charge in [0.25, 0.3) is 0 Å². The second kappa shape index (κ2) is 7.47. The Balaban J connectivity index is 1.40. The summed E-state index contributed by atoms with van der Waals surface area (Å²) in [6, 6.07) is 5.76. The second-order valence-electron chi connectivity index (χ2n) is 9.20. The van der Waals surface area contributed by atoms with E-state index < -0.39 is 17.3 Å². The van der Waals surface area contributed by atoms with Crippen LogP contribution in [0.3, 0.4) is 0 Å². The van der Waals surface area contributed by atoms with Crippen LogP contribution in [0.4, 0.5) is 10.5 Å². The number of carbonyl (C=O) groups excluding carboxylic acids is 2. The summed E-state index contributed by atoms with van der Waals surface area (Å²) in [4.78, 5) is 26.8. The van der Waals surface area contributed by atoms with Crippen molar-refractivity contribution in [2.45, 2.75) is 57.7 Å². The first-order valence-corrected chi connectivity index (χ1v) is 10.8. The van der Waals surface area contributed by atoms with E-state index in [9.17, 15) is 9.59 Å². The molecule has 1 saturated heterocycles. The average Bonchev–Trinajstić information content (AvgIpc) is 2.92. The van der Waals surface area contributed by atoms with Crippen molar-refractivity contribution in [3.8, 4) is 0 Å². The van der Waals surface area contributed by atoms with Gasteiger partial charge in [0.2, 0.25) is 5.91 Å². The molecule has 3 unspecified atom stereocenters. The summed E-state index contributed by atoms with van der Waals surface area (Å²) in [6.45, 7) is 7.35. The second-order valence-corrected chi connectivity index (χ2v) is 9.64. The normalized spacial score (nSPS) is 27.6. The Bertz CT molecular complexity index is 822. The van der Waals surface area contributed by atoms with E-state index in [1.165, 1.54) is 0 Å². The number of nitrogens with zero attached hydrogens (tertiary/aromatic N) is 1. The quantitative estimate of drug-likeness (QED) is 0.723. The molecule has 1 N–H and O–H groups in total. The van der Waals surface area contributed by atoms with Gasteiger partial charge in [-0.15, -0.1) is 0 Å². The van der Waals surface area contributed by atoms with E-state index in [1.807, 2.05) is 43.9 Å². The monoisotopic (exact) mass is 420 g/mol. The minimum Gasteiger partial charge on any atom is -0.444 e. The number of benzene rings is 1. The van der Waals surface area contributed by atoms with Crippen molar-refractivity contribution in [1.82, 2.24) is 5.32 Å². The number of rotatable bonds is 5. The number of halogens is 1. The van der Waals surface area contributed by atoms with Crippen LogP contribution < -0.4 is 10.2 Å². The maximum absolute atomic E-state index is 13.2. The number of alkyl carbamates (subject to hydrolysis) is 1. The van der Waals surface area contributed by atoms with Crippen molar-refractivity contribution in [3.05, 3.63) is 28.8 Å². The zero-order chi connectivity index (χ0) is 20.8. The minimum atomic E-state index is -0.506. The summed E-state index contributed by atoms with van der Waals surface area (Å²) in [5.41, 5.74) is 1.01. The lowest BCUT2D eigenvalue weighted by Crippen LogP contribution is -2.61. The smallest absolute Gasteiger partial charge is 0.407 e. The van der Waals surface area contributed by atoms with E-state index >= 15 is 0 Å². The van der Waals surface area contributed by atoms with Gasteiger partial charge in [-0.1, -0.05) is 11.6 Å². The molecule has 0 radical (unpaired) electrons. The molecule has 1 saturated carbocycles. The topological polar surface area (TPSA) is 67.9 Å². The molecule has 7 heteroatoms. The van der Waals surface area contributed by atoms with Gasteiger partial charge in [-0.2, -0.15) is 0 Å². The van der Waals surface area contributed by atoms with E-state index in [0.717, 1.165) is 36.9 Å². The molecule has 0 bridgehead atoms. The highest BCUT2D eigenvalue weighted by Gasteiger charge is 2.66. The summed E-state index contributed by atoms with van der Waals surface area (Å²) in [6.07, 6.45) is 3.04. The third-order valence-electron chi connectivity index (χ3n) is 6.16. The molecule has 3 aliphatic rings. The van der Waals surface area contributed by atoms with Gasteiger partial charge in [-0.25, -0.2) is 4.79 Å². The molecule has 1 spiro atoms. The molecule has 2 aliphatic heterocycles. The van der Waals surface area contributed by atoms with Crippen LogP contribution in [0.2, 0.25) is 5.02 Å². The van der Waals surface area contributed by atoms with E-state index in [-0.39, 0.29) is 11.8 Å². The van der Waals surface area contributed by atoms with Crippen LogP contribution in [0.1, 0.15) is 52.0 Å². The van der Waals surface area contributed by atoms with Gasteiger partial charge in [0.1, 0.15) is 11.2 Å². The first-order valence-electron chi connectivity index (χ1n) is 10.4. The van der Waals surface area contributed by atoms with E-state index in [2.05, 4.69) is 5.32 Å². The first kappa shape index (κ1) is 20.5. The van der Waals surface area contributed by atoms with Gasteiger partial charge >= 0.3 is 6.09 Å². The lowest BCUT2D eigenvalue weighted by molar-refractivity contribution is -0.168. The van der Waals surface area contributed by atoms with Gasteiger partial charge in [0.15, 0.2) is 0 Å². The maximum atomic E-state index is 13.2. The highest BCUT2D eigenvalue weighted by Crippen LogP contribution is 2.63. The van der Waals surface area contributed by atoms with E-state index in [1.54, 1.807) is 0 Å². The van der Waals surface area contributed by atoms with Gasteiger partial charge in [-0.05, 0) is 70.6 Å². The lowest BCUT2D eigenvalue weighted by atomic mass is 9.56. The first-order chi connectivity index (χ1) is 13.7. The number of amides is 2. The van der Waals surface area contributed by atoms with Crippen molar-refractivity contribution in [2.75, 3.05) is 24.6 Å². The van der Waals surface area contributed by atoms with Crippen LogP contribution in [0.5, 0.6) is 0 Å². The molecule has 0 aromatic heterocycles. The molecular formula is C22H29ClN2O4. The Morgan fingerprint density at radius 3 is 2.90 bits per heavy atom. The summed E-state index contributed by atoms with van der Waals surface area (Å²) in [5.74, 6) is 0.452. The predicted molar refractivity (Wildman–Crippen MR) is 111 cm³/mol. The summed E-state index contributed by atoms with van der Waals surface area (Å²) in [7, 11) is 0. The number of ether oxygens (including phenoxy) is 2. The fourth-order valence-corrected chi connectivity index (χ4v) is 5.11. The summed E-state index contributed by atoms with van der Waals surface area (Å²) in [5, 5.41) is 3.44. The Morgan fingerprint density at radius 1 is 1.38 bits per heavy atom. The van der Waals surface area contributed by atoms with Crippen LogP contribution in [0.25, 0.3) is 0 Å². The number of unbranched alkanes of at least 4 members (excludes halogenated alkanes) is 1. The number of nitrogens with one attached hydrogen (secondary N) is 1. The highest BCUT2D eigenvalue weighted by molar-refractivity contribution is 6.30. The van der Waals surface area contributed by atoms with Crippen molar-refractivity contribution in [3.63, 3.8) is 0 Å². The molecule has 2 fully saturated rings. The predicted octanol–water partition coefficient (Wildman–Crippen LogP) is 4.24. The fourth-order valence-electron chi connectivity index (χ4n) is 4.94. The summed E-state index contributed by atoms with van der Waals surface area (Å²) >= 11 is 6.29. The zero-order valence-electron chi connectivity index (χ0n) is 17.3. The molecule has 1 aromatic carbocycles. The van der Waals surface area contributed by atoms with Crippen LogP contribution in [0, 0.1) is 11.8 Å². The van der Waals surface area contributed by atoms with E-state index in [0.29, 0.717) is 30.6 Å². The van der Waals surface area contributed by atoms with Gasteiger partial charge < -0.3 is 19.7 Å². The highest BCUT2D eigenvalue weighted by atomic mass is 35.5. The Labute approximate surface area is 176 Å². The Hall–Kier alpha value is -1.79. The SMILES string of the molecule is CC(C)(C)OC(=O)NCCCCN1C(=O)C2CC3CCOC32c2cc(Cl)ccc21. The zero-order valence-corrected chi connectivity index (χ0v) is 18.1. The van der Waals surface area contributed by atoms with Crippen molar-refractivity contribution < 1.29 is 19.1 Å². The molecule has 29 heavy (non-hydrogen) atoms. The van der Waals surface area contributed by atoms with Crippen LogP contribution >= 0.6 is 11.6 Å². The number of hydrogen-bond acceptors (Lipinski definition) is 4. The van der Waals surface area contributed by atoms with Crippen molar-refractivity contribution in [2.24, 2.45) is 11.8 Å². The van der Waals surface area contributed by atoms with Crippen LogP contribution in [0.15, 0.2) is 18.2 Å². The number of carbonyl (C=O) groups is 2. The summed E-state index contributed by atoms with van der Waals surface area (Å²) < 4.78 is 11.4. The molecule has 2 amide bonds. The van der Waals surface area contributed by atoms with Crippen LogP contribution in [-0.4, -0.2) is 37.3 Å². The molecule has 2 heterocycles. The van der Waals surface area contributed by atoms with Crippen LogP contribution in [-0.2, 0) is 19.9 Å². The fraction of sp³-hybridized carbons (Fsp3) is 0.636. The van der Waals surface area contributed by atoms with Crippen molar-refractivity contribution >= 4 is 29.3 Å². The van der Waals surface area contributed by atoms with Gasteiger partial charge in [-0.3, -0.25) is 4.79 Å². The third kappa shape index (κ3) is 3.61. The molecule has 6 nitrogen and oxygen atoms in total. The standard InChI is InChI=1S/C22H29ClN2O4/c1-21(2,3)29-20(27)24-9-4-5-10-25-18-7-6-15(23)13-16(18)22-14(8-11-28-22)12-17(22)19(25)26/h6-7,13-14,17H,4-5,8-12H2,1-3H3,(H,24,27). The minimum absolute atomic E-state index is 0.110. The molecule has 1 aromatic rings. The average molecular weight is 421 g/mol. The Morgan fingerprint density at radius 2 is 2.17 bits per heavy atom. The number of anilines is 1. The maximum Gasteiger partial charge on any atom is 0.407 e. The largest absolute Gasteiger partial charge is 0.444 e. The van der Waals surface area contributed by atoms with Gasteiger partial charge in [0.05, 0.1) is 5.92 Å². The molecule has 4 rings (SSSR count). The molecular weight excluding hydrogens is 392 g/mol. The van der Waals surface area contributed by atoms with Gasteiger partial charge in [0, 0.05) is 36.0 Å². The molecule has 1 aliphatic carbocycles. The molecule has 158 valence electrons. The number of fused-ring (bicyclic) bond motifs is 1. The Kier molecular flexibility index (Phi) is 5.28. The van der Waals surface area contributed by atoms with Crippen molar-refractivity contribution in [1.29, 1.82) is 0 Å².